The molecule has 0 aliphatic heterocycles. The van der Waals surface area contributed by atoms with Crippen LogP contribution in [0.25, 0.3) is 99.7 Å². The average molecular weight is 689 g/mol. The van der Waals surface area contributed by atoms with Crippen LogP contribution in [-0.2, 0) is 0 Å². The Kier molecular flexibility index (Phi) is 6.82. The van der Waals surface area contributed by atoms with Crippen LogP contribution in [0.3, 0.4) is 0 Å². The summed E-state index contributed by atoms with van der Waals surface area (Å²) in [7, 11) is 0. The highest BCUT2D eigenvalue weighted by atomic mass is 15.0. The predicted molar refractivity (Wildman–Crippen MR) is 225 cm³/mol. The van der Waals surface area contributed by atoms with Gasteiger partial charge in [-0.05, 0) is 71.8 Å². The van der Waals surface area contributed by atoms with Crippen molar-refractivity contribution in [2.24, 2.45) is 0 Å². The van der Waals surface area contributed by atoms with Gasteiger partial charge in [0.15, 0.2) is 0 Å². The van der Waals surface area contributed by atoms with E-state index in [4.69, 9.17) is 9.97 Å². The van der Waals surface area contributed by atoms with Crippen LogP contribution in [0.2, 0.25) is 0 Å². The lowest BCUT2D eigenvalue weighted by Crippen LogP contribution is -1.98. The van der Waals surface area contributed by atoms with E-state index in [0.29, 0.717) is 0 Å². The van der Waals surface area contributed by atoms with Crippen LogP contribution < -0.4 is 0 Å². The topological polar surface area (TPSA) is 35.6 Å². The third kappa shape index (κ3) is 4.78. The van der Waals surface area contributed by atoms with E-state index < -0.39 is 0 Å². The van der Waals surface area contributed by atoms with Gasteiger partial charge in [0.05, 0.1) is 44.5 Å². The van der Waals surface area contributed by atoms with Gasteiger partial charge in [-0.1, -0.05) is 133 Å². The van der Waals surface area contributed by atoms with Crippen molar-refractivity contribution >= 4 is 54.6 Å². The Morgan fingerprint density at radius 3 is 1.35 bits per heavy atom. The third-order valence-corrected chi connectivity index (χ3v) is 10.7. The van der Waals surface area contributed by atoms with Crippen LogP contribution >= 0.6 is 0 Å². The van der Waals surface area contributed by atoms with Crippen LogP contribution in [0.1, 0.15) is 0 Å². The van der Waals surface area contributed by atoms with Gasteiger partial charge in [-0.3, -0.25) is 0 Å². The van der Waals surface area contributed by atoms with E-state index >= 15 is 0 Å². The van der Waals surface area contributed by atoms with E-state index in [1.54, 1.807) is 0 Å². The van der Waals surface area contributed by atoms with Crippen molar-refractivity contribution in [3.63, 3.8) is 0 Å². The molecular weight excluding hydrogens is 657 g/mol. The van der Waals surface area contributed by atoms with E-state index in [2.05, 4.69) is 173 Å². The highest BCUT2D eigenvalue weighted by Crippen LogP contribution is 2.41. The molecule has 0 saturated heterocycles. The largest absolute Gasteiger partial charge is 0.309 e. The average Bonchev–Trinajstić information content (AvgIpc) is 3.75. The fourth-order valence-electron chi connectivity index (χ4n) is 8.21. The molecule has 4 heteroatoms. The minimum absolute atomic E-state index is 0.867. The Morgan fingerprint density at radius 1 is 0.278 bits per heavy atom. The summed E-state index contributed by atoms with van der Waals surface area (Å²) in [6.45, 7) is 0. The van der Waals surface area contributed by atoms with E-state index in [9.17, 15) is 0 Å². The molecule has 0 aliphatic rings. The van der Waals surface area contributed by atoms with Crippen molar-refractivity contribution < 1.29 is 0 Å². The molecule has 0 N–H and O–H groups in total. The number of rotatable bonds is 5. The number of benzene rings is 8. The van der Waals surface area contributed by atoms with Crippen molar-refractivity contribution in [2.75, 3.05) is 0 Å². The molecule has 0 saturated carbocycles. The lowest BCUT2D eigenvalue weighted by molar-refractivity contribution is 1.17. The maximum absolute atomic E-state index is 5.22. The Bertz CT molecular complexity index is 3190. The lowest BCUT2D eigenvalue weighted by Gasteiger charge is -2.13. The van der Waals surface area contributed by atoms with Crippen LogP contribution in [0.5, 0.6) is 0 Å². The van der Waals surface area contributed by atoms with Gasteiger partial charge >= 0.3 is 0 Å². The Labute approximate surface area is 311 Å². The van der Waals surface area contributed by atoms with E-state index in [1.165, 1.54) is 43.7 Å². The molecule has 0 fully saturated rings. The monoisotopic (exact) mass is 688 g/mol. The summed E-state index contributed by atoms with van der Waals surface area (Å²) in [5.74, 6) is 0. The second-order valence-corrected chi connectivity index (χ2v) is 13.8. The van der Waals surface area contributed by atoms with Gasteiger partial charge < -0.3 is 9.13 Å². The first-order valence-corrected chi connectivity index (χ1v) is 18.3. The maximum atomic E-state index is 5.22. The molecule has 8 aromatic carbocycles. The Morgan fingerprint density at radius 2 is 0.741 bits per heavy atom. The zero-order chi connectivity index (χ0) is 35.6. The summed E-state index contributed by atoms with van der Waals surface area (Å²) < 4.78 is 4.82. The van der Waals surface area contributed by atoms with Crippen molar-refractivity contribution in [1.29, 1.82) is 0 Å². The minimum atomic E-state index is 0.867. The van der Waals surface area contributed by atoms with Crippen molar-refractivity contribution in [3.05, 3.63) is 194 Å². The smallest absolute Gasteiger partial charge is 0.0973 e. The first-order valence-electron chi connectivity index (χ1n) is 18.3. The number of aromatic nitrogens is 4. The van der Waals surface area contributed by atoms with Gasteiger partial charge in [-0.2, -0.15) is 0 Å². The minimum Gasteiger partial charge on any atom is -0.309 e. The zero-order valence-electron chi connectivity index (χ0n) is 29.3. The fourth-order valence-corrected chi connectivity index (χ4v) is 8.21. The van der Waals surface area contributed by atoms with Crippen LogP contribution in [0, 0.1) is 0 Å². The van der Waals surface area contributed by atoms with Crippen molar-refractivity contribution in [3.8, 4) is 45.0 Å². The molecule has 0 amide bonds. The molecule has 0 radical (unpaired) electrons. The highest BCUT2D eigenvalue weighted by molar-refractivity contribution is 6.19. The number of hydrogen-bond donors (Lipinski definition) is 0. The molecule has 11 aromatic rings. The number of para-hydroxylation sites is 4. The number of nitrogens with zero attached hydrogens (tertiary/aromatic N) is 4. The lowest BCUT2D eigenvalue weighted by atomic mass is 10.0. The summed E-state index contributed by atoms with van der Waals surface area (Å²) in [5, 5.41) is 4.87. The Hall–Kier alpha value is -7.30. The first-order chi connectivity index (χ1) is 26.8. The molecule has 0 spiro atoms. The molecule has 3 heterocycles. The number of fused-ring (bicyclic) bond motifs is 7. The molecular formula is C50H32N4. The molecule has 3 aromatic heterocycles. The second-order valence-electron chi connectivity index (χ2n) is 13.8. The van der Waals surface area contributed by atoms with E-state index in [1.807, 2.05) is 30.3 Å². The summed E-state index contributed by atoms with van der Waals surface area (Å²) in [4.78, 5) is 10.4. The van der Waals surface area contributed by atoms with Gasteiger partial charge in [0.2, 0.25) is 0 Å². The fraction of sp³-hybridized carbons (Fsp3) is 0. The molecule has 54 heavy (non-hydrogen) atoms. The molecule has 0 aliphatic carbocycles. The molecule has 4 nitrogen and oxygen atoms in total. The van der Waals surface area contributed by atoms with E-state index in [-0.39, 0.29) is 0 Å². The molecule has 252 valence electrons. The van der Waals surface area contributed by atoms with Gasteiger partial charge in [-0.15, -0.1) is 0 Å². The maximum Gasteiger partial charge on any atom is 0.0973 e. The van der Waals surface area contributed by atoms with Crippen molar-refractivity contribution in [2.45, 2.75) is 0 Å². The summed E-state index contributed by atoms with van der Waals surface area (Å²) >= 11 is 0. The Balaban J connectivity index is 1.13. The standard InChI is InChI=1S/C50H32N4/c1-3-14-33(15-4-1)34-26-28-37(29-27-34)53-45-24-11-7-20-39(45)41-32-48-42(31-47(41)53)40-21-8-12-25-46(40)54(48)38-19-13-18-36(30-38)50-49(35-16-5-2-6-17-35)51-43-22-9-10-23-44(43)52-50/h1-32H. The highest BCUT2D eigenvalue weighted by Gasteiger charge is 2.20. The molecule has 0 atom stereocenters. The SMILES string of the molecule is c1ccc(-c2ccc(-n3c4ccccc4c4cc5c(cc43)c3ccccc3n5-c3cccc(-c4nc5ccccc5nc4-c4ccccc4)c3)cc2)cc1. The van der Waals surface area contributed by atoms with Gasteiger partial charge in [0.25, 0.3) is 0 Å². The van der Waals surface area contributed by atoms with Gasteiger partial charge in [-0.25, -0.2) is 9.97 Å². The summed E-state index contributed by atoms with van der Waals surface area (Å²) in [6.07, 6.45) is 0. The molecule has 11 rings (SSSR count). The van der Waals surface area contributed by atoms with Crippen molar-refractivity contribution in [1.82, 2.24) is 19.1 Å². The predicted octanol–water partition coefficient (Wildman–Crippen LogP) is 12.8. The summed E-state index contributed by atoms with van der Waals surface area (Å²) in [5.41, 5.74) is 14.9. The van der Waals surface area contributed by atoms with Crippen LogP contribution in [-0.4, -0.2) is 19.1 Å². The second kappa shape index (κ2) is 12.1. The van der Waals surface area contributed by atoms with E-state index in [0.717, 1.165) is 56.0 Å². The quantitative estimate of drug-likeness (QED) is 0.180. The molecule has 0 unspecified atom stereocenters. The van der Waals surface area contributed by atoms with Gasteiger partial charge in [0.1, 0.15) is 0 Å². The van der Waals surface area contributed by atoms with Crippen LogP contribution in [0.4, 0.5) is 0 Å². The summed E-state index contributed by atoms with van der Waals surface area (Å²) in [6, 6.07) is 69.0. The third-order valence-electron chi connectivity index (χ3n) is 10.7. The van der Waals surface area contributed by atoms with Gasteiger partial charge in [0, 0.05) is 44.0 Å². The normalized spacial score (nSPS) is 11.7. The van der Waals surface area contributed by atoms with Crippen LogP contribution in [0.15, 0.2) is 194 Å². The first kappa shape index (κ1) is 30.3. The molecule has 0 bridgehead atoms. The zero-order valence-corrected chi connectivity index (χ0v) is 29.3. The number of hydrogen-bond acceptors (Lipinski definition) is 2.